The van der Waals surface area contributed by atoms with Crippen molar-refractivity contribution in [2.45, 2.75) is 38.6 Å². The van der Waals surface area contributed by atoms with E-state index in [9.17, 15) is 4.79 Å². The van der Waals surface area contributed by atoms with Gasteiger partial charge in [-0.3, -0.25) is 9.78 Å². The number of rotatable bonds is 3. The molecule has 1 N–H and O–H groups in total. The van der Waals surface area contributed by atoms with Crippen LogP contribution in [0.3, 0.4) is 0 Å². The number of carbonyl (C=O) groups is 1. The summed E-state index contributed by atoms with van der Waals surface area (Å²) in [5, 5.41) is 7.27. The first-order valence-electron chi connectivity index (χ1n) is 7.01. The number of nitrogens with zero attached hydrogens (tertiary/aromatic N) is 3. The minimum Gasteiger partial charge on any atom is -0.307 e. The van der Waals surface area contributed by atoms with Crippen molar-refractivity contribution in [2.75, 3.05) is 5.32 Å². The van der Waals surface area contributed by atoms with Gasteiger partial charge < -0.3 is 5.32 Å². The molecule has 1 fully saturated rings. The number of amides is 1. The Morgan fingerprint density at radius 3 is 2.80 bits per heavy atom. The number of aromatic nitrogens is 3. The van der Waals surface area contributed by atoms with Gasteiger partial charge in [-0.15, -0.1) is 0 Å². The molecule has 0 aromatic carbocycles. The molecular weight excluding hydrogens is 252 g/mol. The van der Waals surface area contributed by atoms with Crippen LogP contribution in [0.15, 0.2) is 30.6 Å². The largest absolute Gasteiger partial charge is 0.307 e. The molecule has 3 rings (SSSR count). The second kappa shape index (κ2) is 5.45. The van der Waals surface area contributed by atoms with Crippen molar-refractivity contribution in [3.05, 3.63) is 41.9 Å². The van der Waals surface area contributed by atoms with Crippen LogP contribution >= 0.6 is 0 Å². The van der Waals surface area contributed by atoms with E-state index in [1.54, 1.807) is 18.5 Å². The van der Waals surface area contributed by atoms with Crippen LogP contribution in [0, 0.1) is 6.92 Å². The van der Waals surface area contributed by atoms with Gasteiger partial charge >= 0.3 is 0 Å². The predicted molar refractivity (Wildman–Crippen MR) is 76.7 cm³/mol. The zero-order valence-corrected chi connectivity index (χ0v) is 11.5. The van der Waals surface area contributed by atoms with E-state index >= 15 is 0 Å². The minimum atomic E-state index is -0.141. The first-order valence-corrected chi connectivity index (χ1v) is 7.01. The van der Waals surface area contributed by atoms with Crippen molar-refractivity contribution < 1.29 is 4.79 Å². The van der Waals surface area contributed by atoms with Crippen LogP contribution in [0.1, 0.15) is 47.8 Å². The Hall–Kier alpha value is -2.17. The number of nitrogens with one attached hydrogen (secondary N) is 1. The van der Waals surface area contributed by atoms with E-state index in [1.165, 1.54) is 12.8 Å². The lowest BCUT2D eigenvalue weighted by molar-refractivity contribution is 0.102. The van der Waals surface area contributed by atoms with Gasteiger partial charge in [0.05, 0.1) is 17.8 Å². The molecule has 0 spiro atoms. The van der Waals surface area contributed by atoms with Gasteiger partial charge in [0.2, 0.25) is 0 Å². The second-order valence-electron chi connectivity index (χ2n) is 5.24. The fourth-order valence-electron chi connectivity index (χ4n) is 2.64. The molecule has 0 radical (unpaired) electrons. The summed E-state index contributed by atoms with van der Waals surface area (Å²) in [7, 11) is 0. The molecule has 20 heavy (non-hydrogen) atoms. The highest BCUT2D eigenvalue weighted by Gasteiger charge is 2.20. The average Bonchev–Trinajstić information content (AvgIpc) is 3.09. The summed E-state index contributed by atoms with van der Waals surface area (Å²) in [4.78, 5) is 16.3. The first-order chi connectivity index (χ1) is 9.74. The molecule has 1 aliphatic rings. The van der Waals surface area contributed by atoms with Gasteiger partial charge in [0.15, 0.2) is 0 Å². The number of hydrogen-bond donors (Lipinski definition) is 1. The Bertz CT molecular complexity index is 597. The molecule has 0 atom stereocenters. The summed E-state index contributed by atoms with van der Waals surface area (Å²) in [5.41, 5.74) is 1.47. The van der Waals surface area contributed by atoms with Gasteiger partial charge in [-0.1, -0.05) is 12.8 Å². The van der Waals surface area contributed by atoms with Gasteiger partial charge in [-0.2, -0.15) is 5.10 Å². The fourth-order valence-corrected chi connectivity index (χ4v) is 2.64. The van der Waals surface area contributed by atoms with Crippen LogP contribution < -0.4 is 5.32 Å². The topological polar surface area (TPSA) is 59.8 Å². The Morgan fingerprint density at radius 1 is 1.30 bits per heavy atom. The molecule has 5 heteroatoms. The second-order valence-corrected chi connectivity index (χ2v) is 5.24. The van der Waals surface area contributed by atoms with Crippen LogP contribution in [-0.4, -0.2) is 20.7 Å². The van der Waals surface area contributed by atoms with Gasteiger partial charge in [-0.25, -0.2) is 4.68 Å². The smallest absolute Gasteiger partial charge is 0.258 e. The molecule has 2 heterocycles. The highest BCUT2D eigenvalue weighted by atomic mass is 16.1. The zero-order chi connectivity index (χ0) is 13.9. The first kappa shape index (κ1) is 12.8. The Balaban J connectivity index is 1.76. The molecule has 0 aliphatic heterocycles. The van der Waals surface area contributed by atoms with Crippen LogP contribution in [0.4, 0.5) is 5.82 Å². The molecule has 0 unspecified atom stereocenters. The molecule has 5 nitrogen and oxygen atoms in total. The molecule has 1 amide bonds. The Kier molecular flexibility index (Phi) is 3.50. The Morgan fingerprint density at radius 2 is 2.10 bits per heavy atom. The summed E-state index contributed by atoms with van der Waals surface area (Å²) < 4.78 is 1.94. The summed E-state index contributed by atoms with van der Waals surface area (Å²) in [5.74, 6) is 0.625. The van der Waals surface area contributed by atoms with Crippen molar-refractivity contribution in [1.29, 1.82) is 0 Å². The van der Waals surface area contributed by atoms with Crippen LogP contribution in [0.5, 0.6) is 0 Å². The van der Waals surface area contributed by atoms with E-state index in [1.807, 2.05) is 23.7 Å². The summed E-state index contributed by atoms with van der Waals surface area (Å²) in [6, 6.07) is 5.88. The van der Waals surface area contributed by atoms with E-state index in [4.69, 9.17) is 0 Å². The van der Waals surface area contributed by atoms with Crippen molar-refractivity contribution in [3.8, 4) is 0 Å². The maximum absolute atomic E-state index is 12.2. The summed E-state index contributed by atoms with van der Waals surface area (Å²) in [6.45, 7) is 1.90. The Labute approximate surface area is 118 Å². The maximum Gasteiger partial charge on any atom is 0.258 e. The molecule has 1 saturated carbocycles. The van der Waals surface area contributed by atoms with Crippen LogP contribution in [0.2, 0.25) is 0 Å². The van der Waals surface area contributed by atoms with E-state index in [0.29, 0.717) is 11.6 Å². The lowest BCUT2D eigenvalue weighted by atomic mass is 10.2. The fraction of sp³-hybridized carbons (Fsp3) is 0.400. The van der Waals surface area contributed by atoms with Crippen molar-refractivity contribution >= 4 is 11.7 Å². The van der Waals surface area contributed by atoms with Gasteiger partial charge in [0.1, 0.15) is 5.82 Å². The number of carbonyl (C=O) groups excluding carboxylic acids is 1. The minimum absolute atomic E-state index is 0.141. The van der Waals surface area contributed by atoms with Gasteiger partial charge in [0, 0.05) is 18.0 Å². The van der Waals surface area contributed by atoms with Gasteiger partial charge in [-0.05, 0) is 31.9 Å². The zero-order valence-electron chi connectivity index (χ0n) is 11.5. The quantitative estimate of drug-likeness (QED) is 0.932. The third-order valence-electron chi connectivity index (χ3n) is 3.76. The highest BCUT2D eigenvalue weighted by molar-refractivity contribution is 6.03. The third-order valence-corrected chi connectivity index (χ3v) is 3.76. The molecular formula is C15H18N4O. The number of pyridine rings is 1. The number of hydrogen-bond acceptors (Lipinski definition) is 3. The SMILES string of the molecule is Cc1ccc(C(=O)Nc2ccnn2C2CCCC2)cn1. The van der Waals surface area contributed by atoms with E-state index in [0.717, 1.165) is 24.4 Å². The van der Waals surface area contributed by atoms with Crippen LogP contribution in [0.25, 0.3) is 0 Å². The standard InChI is InChI=1S/C15H18N4O/c1-11-6-7-12(10-16-11)15(20)18-14-8-9-17-19(14)13-4-2-3-5-13/h6-10,13H,2-5H2,1H3,(H,18,20). The molecule has 0 bridgehead atoms. The molecule has 0 saturated heterocycles. The highest BCUT2D eigenvalue weighted by Crippen LogP contribution is 2.31. The van der Waals surface area contributed by atoms with E-state index in [-0.39, 0.29) is 5.91 Å². The van der Waals surface area contributed by atoms with E-state index in [2.05, 4.69) is 15.4 Å². The van der Waals surface area contributed by atoms with Gasteiger partial charge in [0.25, 0.3) is 5.91 Å². The molecule has 2 aromatic heterocycles. The van der Waals surface area contributed by atoms with Crippen molar-refractivity contribution in [2.24, 2.45) is 0 Å². The van der Waals surface area contributed by atoms with E-state index < -0.39 is 0 Å². The number of anilines is 1. The third kappa shape index (κ3) is 2.57. The monoisotopic (exact) mass is 270 g/mol. The lowest BCUT2D eigenvalue weighted by Crippen LogP contribution is -2.17. The summed E-state index contributed by atoms with van der Waals surface area (Å²) in [6.07, 6.45) is 8.08. The maximum atomic E-state index is 12.2. The van der Waals surface area contributed by atoms with Crippen molar-refractivity contribution in [1.82, 2.24) is 14.8 Å². The lowest BCUT2D eigenvalue weighted by Gasteiger charge is -2.14. The van der Waals surface area contributed by atoms with Crippen LogP contribution in [-0.2, 0) is 0 Å². The average molecular weight is 270 g/mol. The molecule has 1 aliphatic carbocycles. The molecule has 2 aromatic rings. The number of aryl methyl sites for hydroxylation is 1. The summed E-state index contributed by atoms with van der Waals surface area (Å²) >= 11 is 0. The molecule has 104 valence electrons. The van der Waals surface area contributed by atoms with Crippen molar-refractivity contribution in [3.63, 3.8) is 0 Å². The normalized spacial score (nSPS) is 15.4. The predicted octanol–water partition coefficient (Wildman–Crippen LogP) is 2.95.